The molecular formula is C14H8F3N3O2S. The molecule has 9 heteroatoms. The number of fused-ring (bicyclic) bond motifs is 3. The van der Waals surface area contributed by atoms with Gasteiger partial charge < -0.3 is 14.8 Å². The van der Waals surface area contributed by atoms with E-state index in [0.717, 1.165) is 17.4 Å². The summed E-state index contributed by atoms with van der Waals surface area (Å²) in [6, 6.07) is 4.12. The smallest absolute Gasteiger partial charge is 0.433 e. The lowest BCUT2D eigenvalue weighted by Crippen LogP contribution is -2.09. The van der Waals surface area contributed by atoms with Crippen LogP contribution in [0.25, 0.3) is 21.5 Å². The van der Waals surface area contributed by atoms with Crippen molar-refractivity contribution in [1.29, 1.82) is 0 Å². The minimum atomic E-state index is -4.58. The highest BCUT2D eigenvalue weighted by atomic mass is 32.1. The van der Waals surface area contributed by atoms with E-state index >= 15 is 0 Å². The molecule has 1 atom stereocenters. The van der Waals surface area contributed by atoms with Crippen molar-refractivity contribution in [1.82, 2.24) is 4.98 Å². The van der Waals surface area contributed by atoms with Crippen molar-refractivity contribution < 1.29 is 22.7 Å². The molecular weight excluding hydrogens is 331 g/mol. The lowest BCUT2D eigenvalue weighted by Gasteiger charge is -2.13. The Balaban J connectivity index is 2.08. The summed E-state index contributed by atoms with van der Waals surface area (Å²) in [5, 5.41) is 13.3. The van der Waals surface area contributed by atoms with E-state index in [9.17, 15) is 18.3 Å². The minimum Gasteiger partial charge on any atom is -0.464 e. The Morgan fingerprint density at radius 3 is 2.87 bits per heavy atom. The SMILES string of the molecule is O[C@@H]1N=CNc2c1sc1nc(C(F)(F)F)cc(-c3ccco3)c21. The number of thiophene rings is 1. The molecule has 0 amide bonds. The molecule has 2 N–H and O–H groups in total. The van der Waals surface area contributed by atoms with Crippen molar-refractivity contribution in [3.63, 3.8) is 0 Å². The number of halogens is 3. The third kappa shape index (κ3) is 2.20. The third-order valence-corrected chi connectivity index (χ3v) is 4.55. The summed E-state index contributed by atoms with van der Waals surface area (Å²) in [5.41, 5.74) is -0.245. The Hall–Kier alpha value is -2.39. The Morgan fingerprint density at radius 1 is 1.35 bits per heavy atom. The molecule has 0 aromatic carbocycles. The standard InChI is InChI=1S/C14H8F3N3O2S/c15-14(16,17)8-4-6(7-2-1-3-22-7)9-10-11(23-13(9)20-8)12(21)19-5-18-10/h1-5,12,21H,(H,18,19)/t12-/m0/s1. The van der Waals surface area contributed by atoms with Crippen molar-refractivity contribution >= 4 is 33.6 Å². The van der Waals surface area contributed by atoms with Gasteiger partial charge in [-0.2, -0.15) is 13.2 Å². The van der Waals surface area contributed by atoms with Crippen LogP contribution >= 0.6 is 11.3 Å². The first-order valence-corrected chi connectivity index (χ1v) is 7.31. The molecule has 0 bridgehead atoms. The Bertz CT molecular complexity index is 916. The van der Waals surface area contributed by atoms with Crippen LogP contribution in [0.15, 0.2) is 33.9 Å². The molecule has 0 fully saturated rings. The van der Waals surface area contributed by atoms with Gasteiger partial charge in [-0.15, -0.1) is 11.3 Å². The Kier molecular flexibility index (Phi) is 2.97. The highest BCUT2D eigenvalue weighted by Gasteiger charge is 2.35. The van der Waals surface area contributed by atoms with Gasteiger partial charge in [0.1, 0.15) is 16.3 Å². The zero-order valence-electron chi connectivity index (χ0n) is 11.3. The first kappa shape index (κ1) is 14.2. The van der Waals surface area contributed by atoms with Crippen LogP contribution in [0.2, 0.25) is 0 Å². The number of aromatic nitrogens is 1. The molecule has 1 aliphatic heterocycles. The van der Waals surface area contributed by atoms with E-state index in [-0.39, 0.29) is 10.4 Å². The van der Waals surface area contributed by atoms with Gasteiger partial charge in [-0.3, -0.25) is 0 Å². The predicted octanol–water partition coefficient (Wildman–Crippen LogP) is 4.02. The zero-order chi connectivity index (χ0) is 16.2. The Labute approximate surface area is 131 Å². The average molecular weight is 339 g/mol. The summed E-state index contributed by atoms with van der Waals surface area (Å²) in [4.78, 5) is 8.07. The largest absolute Gasteiger partial charge is 0.464 e. The fourth-order valence-corrected chi connectivity index (χ4v) is 3.55. The Morgan fingerprint density at radius 2 is 2.17 bits per heavy atom. The van der Waals surface area contributed by atoms with Gasteiger partial charge in [-0.05, 0) is 18.2 Å². The normalized spacial score (nSPS) is 17.3. The number of furan rings is 1. The van der Waals surface area contributed by atoms with E-state index in [1.54, 1.807) is 12.1 Å². The summed E-state index contributed by atoms with van der Waals surface area (Å²) in [7, 11) is 0. The summed E-state index contributed by atoms with van der Waals surface area (Å²) in [6.07, 6.45) is -3.01. The second-order valence-corrected chi connectivity index (χ2v) is 5.88. The van der Waals surface area contributed by atoms with Crippen LogP contribution in [0.1, 0.15) is 16.8 Å². The molecule has 0 radical (unpaired) electrons. The van der Waals surface area contributed by atoms with Crippen molar-refractivity contribution in [3.8, 4) is 11.3 Å². The number of hydrogen-bond donors (Lipinski definition) is 2. The summed E-state index contributed by atoms with van der Waals surface area (Å²) in [6.45, 7) is 0. The van der Waals surface area contributed by atoms with Gasteiger partial charge in [0.05, 0.1) is 23.2 Å². The fraction of sp³-hybridized carbons (Fsp3) is 0.143. The van der Waals surface area contributed by atoms with Crippen molar-refractivity contribution in [2.45, 2.75) is 12.4 Å². The average Bonchev–Trinajstić information content (AvgIpc) is 3.13. The second-order valence-electron chi connectivity index (χ2n) is 4.85. The molecule has 0 unspecified atom stereocenters. The van der Waals surface area contributed by atoms with Crippen molar-refractivity contribution in [2.75, 3.05) is 5.32 Å². The number of nitrogens with one attached hydrogen (secondary N) is 1. The van der Waals surface area contributed by atoms with Crippen LogP contribution in [0.5, 0.6) is 0 Å². The molecule has 0 spiro atoms. The first-order chi connectivity index (χ1) is 10.9. The number of nitrogens with zero attached hydrogens (tertiary/aromatic N) is 2. The van der Waals surface area contributed by atoms with Crippen LogP contribution in [-0.4, -0.2) is 16.4 Å². The molecule has 0 saturated carbocycles. The second kappa shape index (κ2) is 4.80. The number of aliphatic imine (C=N–C) groups is 1. The van der Waals surface area contributed by atoms with E-state index in [1.807, 2.05) is 0 Å². The van der Waals surface area contributed by atoms with Crippen LogP contribution in [0.3, 0.4) is 0 Å². The molecule has 4 heterocycles. The molecule has 23 heavy (non-hydrogen) atoms. The highest BCUT2D eigenvalue weighted by molar-refractivity contribution is 7.19. The van der Waals surface area contributed by atoms with Gasteiger partial charge in [-0.1, -0.05) is 0 Å². The minimum absolute atomic E-state index is 0.160. The van der Waals surface area contributed by atoms with Crippen LogP contribution in [0, 0.1) is 0 Å². The molecule has 0 saturated heterocycles. The lowest BCUT2D eigenvalue weighted by atomic mass is 10.1. The van der Waals surface area contributed by atoms with Crippen LogP contribution < -0.4 is 5.32 Å². The van der Waals surface area contributed by atoms with Crippen molar-refractivity contribution in [2.24, 2.45) is 4.99 Å². The number of aliphatic hydroxyl groups is 1. The third-order valence-electron chi connectivity index (χ3n) is 3.43. The van der Waals surface area contributed by atoms with Gasteiger partial charge in [-0.25, -0.2) is 9.98 Å². The predicted molar refractivity (Wildman–Crippen MR) is 79.4 cm³/mol. The molecule has 3 aromatic heterocycles. The summed E-state index contributed by atoms with van der Waals surface area (Å²) >= 11 is 0.971. The molecule has 5 nitrogen and oxygen atoms in total. The lowest BCUT2D eigenvalue weighted by molar-refractivity contribution is -0.140. The molecule has 0 aliphatic carbocycles. The number of aliphatic hydroxyl groups excluding tert-OH is 1. The van der Waals surface area contributed by atoms with Gasteiger partial charge in [0.15, 0.2) is 6.23 Å². The van der Waals surface area contributed by atoms with E-state index in [4.69, 9.17) is 4.42 Å². The topological polar surface area (TPSA) is 70.7 Å². The maximum atomic E-state index is 13.1. The number of anilines is 1. The zero-order valence-corrected chi connectivity index (χ0v) is 12.1. The highest BCUT2D eigenvalue weighted by Crippen LogP contribution is 2.46. The van der Waals surface area contributed by atoms with Crippen molar-refractivity contribution in [3.05, 3.63) is 35.0 Å². The summed E-state index contributed by atoms with van der Waals surface area (Å²) in [5.74, 6) is 0.294. The van der Waals surface area contributed by atoms with E-state index in [1.165, 1.54) is 12.6 Å². The first-order valence-electron chi connectivity index (χ1n) is 6.50. The number of hydrogen-bond acceptors (Lipinski definition) is 6. The van der Waals surface area contributed by atoms with Gasteiger partial charge >= 0.3 is 6.18 Å². The van der Waals surface area contributed by atoms with Gasteiger partial charge in [0.2, 0.25) is 0 Å². The maximum absolute atomic E-state index is 13.1. The van der Waals surface area contributed by atoms with Gasteiger partial charge in [0, 0.05) is 10.9 Å². The molecule has 3 aromatic rings. The maximum Gasteiger partial charge on any atom is 0.433 e. The number of pyridine rings is 1. The van der Waals surface area contributed by atoms with E-state index in [0.29, 0.717) is 21.7 Å². The number of alkyl halides is 3. The molecule has 4 rings (SSSR count). The van der Waals surface area contributed by atoms with Gasteiger partial charge in [0.25, 0.3) is 0 Å². The van der Waals surface area contributed by atoms with Crippen LogP contribution in [-0.2, 0) is 6.18 Å². The van der Waals surface area contributed by atoms with Crippen LogP contribution in [0.4, 0.5) is 18.9 Å². The van der Waals surface area contributed by atoms with E-state index in [2.05, 4.69) is 15.3 Å². The molecule has 1 aliphatic rings. The quantitative estimate of drug-likeness (QED) is 0.702. The van der Waals surface area contributed by atoms with E-state index < -0.39 is 18.1 Å². The fourth-order valence-electron chi connectivity index (χ4n) is 2.45. The number of rotatable bonds is 1. The monoisotopic (exact) mass is 339 g/mol. The summed E-state index contributed by atoms with van der Waals surface area (Å²) < 4.78 is 44.6. The molecule has 118 valence electrons.